The third-order valence-electron chi connectivity index (χ3n) is 6.56. The van der Waals surface area contributed by atoms with E-state index in [1.165, 1.54) is 0 Å². The molecule has 170 valence electrons. The molecule has 1 aliphatic heterocycles. The average Bonchev–Trinajstić information content (AvgIpc) is 3.11. The monoisotopic (exact) mass is 452 g/mol. The van der Waals surface area contributed by atoms with Crippen LogP contribution < -0.4 is 9.80 Å². The number of Topliss-reactive ketones (excluding diaryl/α,β-unsaturated/α-hetero) is 1. The van der Waals surface area contributed by atoms with Gasteiger partial charge >= 0.3 is 5.97 Å². The third kappa shape index (κ3) is 3.48. The van der Waals surface area contributed by atoms with E-state index >= 15 is 0 Å². The van der Waals surface area contributed by atoms with Crippen LogP contribution in [0.15, 0.2) is 59.9 Å². The van der Waals surface area contributed by atoms with E-state index in [0.29, 0.717) is 11.4 Å². The molecule has 0 amide bonds. The second-order valence-electron chi connectivity index (χ2n) is 8.55. The Morgan fingerprint density at radius 3 is 2.35 bits per heavy atom. The van der Waals surface area contributed by atoms with Crippen LogP contribution in [0.3, 0.4) is 0 Å². The summed E-state index contributed by atoms with van der Waals surface area (Å²) in [5, 5.41) is 10.5. The van der Waals surface area contributed by atoms with Gasteiger partial charge in [0, 0.05) is 25.2 Å². The number of ketones is 1. The van der Waals surface area contributed by atoms with E-state index in [0.717, 1.165) is 59.2 Å². The number of aryl methyl sites for hydroxylation is 1. The van der Waals surface area contributed by atoms with E-state index in [9.17, 15) is 14.9 Å². The van der Waals surface area contributed by atoms with Crippen molar-refractivity contribution in [1.29, 1.82) is 5.26 Å². The molecule has 7 nitrogen and oxygen atoms in total. The predicted molar refractivity (Wildman–Crippen MR) is 130 cm³/mol. The standard InChI is InChI=1S/C27H24N4O3/c1-30-22-13-7-8-14-23(22)31(2)26(30)19(15-28)24(32)16-34-27(33)25-17-9-3-5-11-20(17)29-21-12-6-4-10-18(21)25/h3,5,7-9,11,13-14H,4,6,10,12,16H2,1-2H3. The summed E-state index contributed by atoms with van der Waals surface area (Å²) in [5.74, 6) is -0.620. The summed E-state index contributed by atoms with van der Waals surface area (Å²) in [6.45, 7) is -0.505. The van der Waals surface area contributed by atoms with Gasteiger partial charge < -0.3 is 14.5 Å². The number of fused-ring (bicyclic) bond motifs is 3. The fraction of sp³-hybridized carbons (Fsp3) is 0.259. The van der Waals surface area contributed by atoms with Gasteiger partial charge in [0.2, 0.25) is 5.78 Å². The molecule has 0 saturated carbocycles. The van der Waals surface area contributed by atoms with Crippen LogP contribution in [-0.4, -0.2) is 37.4 Å². The van der Waals surface area contributed by atoms with Gasteiger partial charge in [-0.3, -0.25) is 9.78 Å². The Bertz CT molecular complexity index is 1370. The molecule has 0 bridgehead atoms. The van der Waals surface area contributed by atoms with Crippen molar-refractivity contribution < 1.29 is 14.3 Å². The minimum atomic E-state index is -0.552. The highest BCUT2D eigenvalue weighted by atomic mass is 16.5. The van der Waals surface area contributed by atoms with Gasteiger partial charge in [-0.05, 0) is 49.4 Å². The van der Waals surface area contributed by atoms with E-state index in [1.54, 1.807) is 9.80 Å². The van der Waals surface area contributed by atoms with E-state index in [-0.39, 0.29) is 5.57 Å². The van der Waals surface area contributed by atoms with Gasteiger partial charge in [0.15, 0.2) is 6.61 Å². The third-order valence-corrected chi connectivity index (χ3v) is 6.56. The summed E-state index contributed by atoms with van der Waals surface area (Å²) in [7, 11) is 3.62. The molecule has 0 N–H and O–H groups in total. The highest BCUT2D eigenvalue weighted by Gasteiger charge is 2.32. The molecule has 0 fully saturated rings. The first-order valence-electron chi connectivity index (χ1n) is 11.3. The lowest BCUT2D eigenvalue weighted by atomic mass is 9.90. The maximum absolute atomic E-state index is 13.3. The summed E-state index contributed by atoms with van der Waals surface area (Å²) in [4.78, 5) is 34.7. The lowest BCUT2D eigenvalue weighted by Gasteiger charge is -2.21. The Balaban J connectivity index is 1.44. The number of aromatic nitrogens is 1. The zero-order valence-electron chi connectivity index (χ0n) is 19.2. The van der Waals surface area contributed by atoms with Crippen LogP contribution >= 0.6 is 0 Å². The zero-order valence-corrected chi connectivity index (χ0v) is 19.2. The van der Waals surface area contributed by atoms with Crippen LogP contribution in [0.1, 0.15) is 34.5 Å². The molecule has 34 heavy (non-hydrogen) atoms. The molecule has 0 spiro atoms. The van der Waals surface area contributed by atoms with Gasteiger partial charge in [-0.15, -0.1) is 0 Å². The second kappa shape index (κ2) is 8.64. The number of nitrogens with zero attached hydrogens (tertiary/aromatic N) is 4. The molecule has 2 heterocycles. The average molecular weight is 453 g/mol. The van der Waals surface area contributed by atoms with Crippen molar-refractivity contribution in [2.45, 2.75) is 25.7 Å². The maximum atomic E-state index is 13.3. The molecular weight excluding hydrogens is 428 g/mol. The summed E-state index contributed by atoms with van der Waals surface area (Å²) in [6, 6.07) is 17.2. The quantitative estimate of drug-likeness (QED) is 0.334. The predicted octanol–water partition coefficient (Wildman–Crippen LogP) is 4.16. The Labute approximate surface area is 197 Å². The van der Waals surface area contributed by atoms with Crippen LogP contribution in [0.25, 0.3) is 10.9 Å². The number of ether oxygens (including phenoxy) is 1. The fourth-order valence-corrected chi connectivity index (χ4v) is 4.94. The number of benzene rings is 2. The van der Waals surface area contributed by atoms with E-state index in [2.05, 4.69) is 0 Å². The normalized spacial score (nSPS) is 14.4. The van der Waals surface area contributed by atoms with Gasteiger partial charge in [0.05, 0.1) is 22.5 Å². The van der Waals surface area contributed by atoms with Crippen molar-refractivity contribution in [3.8, 4) is 6.07 Å². The van der Waals surface area contributed by atoms with E-state index in [1.807, 2.05) is 68.7 Å². The Hall–Kier alpha value is -4.18. The Morgan fingerprint density at radius 2 is 1.65 bits per heavy atom. The first kappa shape index (κ1) is 21.7. The molecule has 1 aromatic heterocycles. The summed E-state index contributed by atoms with van der Waals surface area (Å²) < 4.78 is 5.52. The zero-order chi connectivity index (χ0) is 23.8. The van der Waals surface area contributed by atoms with Crippen molar-refractivity contribution in [1.82, 2.24) is 4.98 Å². The molecule has 0 saturated heterocycles. The first-order chi connectivity index (χ1) is 16.5. The number of rotatable bonds is 4. The van der Waals surface area contributed by atoms with Gasteiger partial charge in [0.1, 0.15) is 17.5 Å². The molecule has 7 heteroatoms. The van der Waals surface area contributed by atoms with Gasteiger partial charge in [0.25, 0.3) is 0 Å². The number of esters is 1. The number of anilines is 2. The van der Waals surface area contributed by atoms with Crippen molar-refractivity contribution in [2.75, 3.05) is 30.5 Å². The topological polar surface area (TPSA) is 86.5 Å². The molecule has 5 rings (SSSR count). The smallest absolute Gasteiger partial charge is 0.339 e. The lowest BCUT2D eigenvalue weighted by molar-refractivity contribution is -0.118. The molecule has 3 aromatic rings. The summed E-state index contributed by atoms with van der Waals surface area (Å²) in [5.41, 5.74) is 4.81. The van der Waals surface area contributed by atoms with Crippen LogP contribution in [0.5, 0.6) is 0 Å². The minimum Gasteiger partial charge on any atom is -0.454 e. The molecule has 2 aliphatic rings. The number of pyridine rings is 1. The van der Waals surface area contributed by atoms with E-state index < -0.39 is 18.4 Å². The lowest BCUT2D eigenvalue weighted by Crippen LogP contribution is -2.28. The fourth-order valence-electron chi connectivity index (χ4n) is 4.94. The largest absolute Gasteiger partial charge is 0.454 e. The molecule has 0 unspecified atom stereocenters. The SMILES string of the molecule is CN1C(=C(C#N)C(=O)COC(=O)c2c3c(nc4ccccc24)CCCC3)N(C)c2ccccc21. The molecular formula is C27H24N4O3. The van der Waals surface area contributed by atoms with Crippen molar-refractivity contribution in [2.24, 2.45) is 0 Å². The van der Waals surface area contributed by atoms with Crippen molar-refractivity contribution in [3.63, 3.8) is 0 Å². The van der Waals surface area contributed by atoms with Gasteiger partial charge in [-0.25, -0.2) is 4.79 Å². The van der Waals surface area contributed by atoms with Gasteiger partial charge in [-0.2, -0.15) is 5.26 Å². The summed E-state index contributed by atoms with van der Waals surface area (Å²) >= 11 is 0. The van der Waals surface area contributed by atoms with Crippen molar-refractivity contribution in [3.05, 3.63) is 76.7 Å². The number of hydrogen-bond acceptors (Lipinski definition) is 7. The number of para-hydroxylation sites is 3. The number of hydrogen-bond donors (Lipinski definition) is 0. The Morgan fingerprint density at radius 1 is 1.00 bits per heavy atom. The van der Waals surface area contributed by atoms with E-state index in [4.69, 9.17) is 9.72 Å². The van der Waals surface area contributed by atoms with Gasteiger partial charge in [-0.1, -0.05) is 30.3 Å². The molecule has 2 aromatic carbocycles. The number of carbonyl (C=O) groups is 2. The highest BCUT2D eigenvalue weighted by molar-refractivity contribution is 6.08. The van der Waals surface area contributed by atoms with Crippen LogP contribution in [-0.2, 0) is 22.4 Å². The highest BCUT2D eigenvalue weighted by Crippen LogP contribution is 2.40. The van der Waals surface area contributed by atoms with Crippen LogP contribution in [0.4, 0.5) is 11.4 Å². The van der Waals surface area contributed by atoms with Crippen molar-refractivity contribution >= 4 is 34.0 Å². The molecule has 0 atom stereocenters. The molecule has 0 radical (unpaired) electrons. The molecule has 1 aliphatic carbocycles. The minimum absolute atomic E-state index is 0.0457. The van der Waals surface area contributed by atoms with Crippen LogP contribution in [0, 0.1) is 11.3 Å². The number of carbonyl (C=O) groups excluding carboxylic acids is 2. The summed E-state index contributed by atoms with van der Waals surface area (Å²) in [6.07, 6.45) is 3.60. The van der Waals surface area contributed by atoms with Crippen LogP contribution in [0.2, 0.25) is 0 Å². The Kier molecular flexibility index (Phi) is 5.50. The second-order valence-corrected chi connectivity index (χ2v) is 8.55. The first-order valence-corrected chi connectivity index (χ1v) is 11.3. The number of nitriles is 1. The maximum Gasteiger partial charge on any atom is 0.339 e.